The number of benzene rings is 1. The van der Waals surface area contributed by atoms with E-state index < -0.39 is 0 Å². The maximum Gasteiger partial charge on any atom is 0.228 e. The molecule has 4 aliphatic rings. The highest BCUT2D eigenvalue weighted by atomic mass is 79.9. The molecule has 3 nitrogen and oxygen atoms in total. The topological polar surface area (TPSA) is 46.2 Å². The van der Waals surface area contributed by atoms with Gasteiger partial charge in [-0.3, -0.25) is 9.59 Å². The van der Waals surface area contributed by atoms with Crippen LogP contribution in [-0.2, 0) is 9.59 Å². The average molecular weight is 470 g/mol. The number of amides is 1. The fraction of sp³-hybridized carbons (Fsp3) is 0.615. The van der Waals surface area contributed by atoms with E-state index in [1.165, 1.54) is 24.8 Å². The molecule has 0 radical (unpaired) electrons. The number of fused-ring (bicyclic) bond motifs is 5. The SMILES string of the molecule is C[C@]12CC[C@H]3[C@@H](CCC4=CC(=O)CC[C@@]43C)[C@@H]1CC[C@@H]2C(=O)Nc1ccccc1Br. The van der Waals surface area contributed by atoms with Gasteiger partial charge >= 0.3 is 0 Å². The van der Waals surface area contributed by atoms with E-state index in [4.69, 9.17) is 0 Å². The zero-order chi connectivity index (χ0) is 21.1. The number of hydrogen-bond donors (Lipinski definition) is 1. The van der Waals surface area contributed by atoms with Gasteiger partial charge in [0.2, 0.25) is 5.91 Å². The Labute approximate surface area is 188 Å². The lowest BCUT2D eigenvalue weighted by Crippen LogP contribution is -2.51. The number of rotatable bonds is 2. The van der Waals surface area contributed by atoms with E-state index >= 15 is 0 Å². The maximum absolute atomic E-state index is 13.3. The normalized spacial score (nSPS) is 40.1. The second kappa shape index (κ2) is 7.32. The van der Waals surface area contributed by atoms with Crippen LogP contribution in [0.25, 0.3) is 0 Å². The standard InChI is InChI=1S/C26H32BrNO2/c1-25-13-11-17(29)15-16(25)7-8-18-19-9-10-21(26(19,2)14-12-20(18)25)24(30)28-23-6-4-3-5-22(23)27/h3-6,15,18-21H,7-14H2,1-2H3,(H,28,30)/t18-,19-,20-,21+,25-,26-/m0/s1. The van der Waals surface area contributed by atoms with Crippen LogP contribution in [0.3, 0.4) is 0 Å². The zero-order valence-corrected chi connectivity index (χ0v) is 19.6. The molecule has 30 heavy (non-hydrogen) atoms. The van der Waals surface area contributed by atoms with Gasteiger partial charge in [-0.25, -0.2) is 0 Å². The van der Waals surface area contributed by atoms with E-state index in [1.54, 1.807) is 0 Å². The van der Waals surface area contributed by atoms with E-state index in [9.17, 15) is 9.59 Å². The van der Waals surface area contributed by atoms with Gasteiger partial charge in [-0.1, -0.05) is 31.6 Å². The quantitative estimate of drug-likeness (QED) is 0.534. The molecule has 0 saturated heterocycles. The first kappa shape index (κ1) is 20.5. The summed E-state index contributed by atoms with van der Waals surface area (Å²) in [5.74, 6) is 2.60. The number of carbonyl (C=O) groups is 2. The fourth-order valence-electron chi connectivity index (χ4n) is 7.77. The van der Waals surface area contributed by atoms with Crippen molar-refractivity contribution in [2.24, 2.45) is 34.5 Å². The summed E-state index contributed by atoms with van der Waals surface area (Å²) in [4.78, 5) is 25.4. The summed E-state index contributed by atoms with van der Waals surface area (Å²) in [6.45, 7) is 4.82. The molecule has 0 bridgehead atoms. The highest BCUT2D eigenvalue weighted by Crippen LogP contribution is 2.66. The lowest BCUT2D eigenvalue weighted by atomic mass is 9.47. The van der Waals surface area contributed by atoms with Gasteiger partial charge in [-0.15, -0.1) is 0 Å². The maximum atomic E-state index is 13.3. The number of carbonyl (C=O) groups excluding carboxylic acids is 2. The van der Waals surface area contributed by atoms with Gasteiger partial charge < -0.3 is 5.32 Å². The molecular formula is C26H32BrNO2. The summed E-state index contributed by atoms with van der Waals surface area (Å²) in [5.41, 5.74) is 2.59. The minimum atomic E-state index is 0.0910. The molecule has 0 aliphatic heterocycles. The molecular weight excluding hydrogens is 438 g/mol. The van der Waals surface area contributed by atoms with Gasteiger partial charge in [0, 0.05) is 16.8 Å². The molecule has 4 heteroatoms. The molecule has 4 aliphatic carbocycles. The molecule has 0 unspecified atom stereocenters. The third kappa shape index (κ3) is 3.04. The zero-order valence-electron chi connectivity index (χ0n) is 18.0. The summed E-state index contributed by atoms with van der Waals surface area (Å²) in [7, 11) is 0. The highest BCUT2D eigenvalue weighted by Gasteiger charge is 2.60. The Hall–Kier alpha value is -1.42. The van der Waals surface area contributed by atoms with Crippen molar-refractivity contribution < 1.29 is 9.59 Å². The minimum absolute atomic E-state index is 0.0910. The van der Waals surface area contributed by atoms with Crippen molar-refractivity contribution in [3.05, 3.63) is 40.4 Å². The molecule has 3 saturated carbocycles. The molecule has 1 N–H and O–H groups in total. The first-order chi connectivity index (χ1) is 14.3. The predicted molar refractivity (Wildman–Crippen MR) is 123 cm³/mol. The third-order valence-corrected chi connectivity index (χ3v) is 10.1. The van der Waals surface area contributed by atoms with Crippen molar-refractivity contribution in [3.8, 4) is 0 Å². The van der Waals surface area contributed by atoms with E-state index in [1.807, 2.05) is 30.3 Å². The highest BCUT2D eigenvalue weighted by molar-refractivity contribution is 9.10. The number of allylic oxidation sites excluding steroid dienone is 1. The monoisotopic (exact) mass is 469 g/mol. The van der Waals surface area contributed by atoms with Gasteiger partial charge in [0.15, 0.2) is 5.78 Å². The first-order valence-corrected chi connectivity index (χ1v) is 12.4. The van der Waals surface area contributed by atoms with Gasteiger partial charge in [0.05, 0.1) is 5.69 Å². The Morgan fingerprint density at radius 3 is 2.63 bits per heavy atom. The van der Waals surface area contributed by atoms with Gasteiger partial charge in [-0.2, -0.15) is 0 Å². The lowest BCUT2D eigenvalue weighted by molar-refractivity contribution is -0.127. The smallest absolute Gasteiger partial charge is 0.228 e. The number of anilines is 1. The molecule has 0 aromatic heterocycles. The summed E-state index contributed by atoms with van der Waals surface area (Å²) < 4.78 is 0.938. The van der Waals surface area contributed by atoms with E-state index in [0.29, 0.717) is 30.0 Å². The van der Waals surface area contributed by atoms with Crippen LogP contribution in [0.15, 0.2) is 40.4 Å². The van der Waals surface area contributed by atoms with Crippen molar-refractivity contribution in [1.29, 1.82) is 0 Å². The summed E-state index contributed by atoms with van der Waals surface area (Å²) >= 11 is 3.56. The second-order valence-corrected chi connectivity index (χ2v) is 11.5. The van der Waals surface area contributed by atoms with Crippen LogP contribution < -0.4 is 5.32 Å². The largest absolute Gasteiger partial charge is 0.325 e. The predicted octanol–water partition coefficient (Wildman–Crippen LogP) is 6.54. The van der Waals surface area contributed by atoms with Crippen LogP contribution in [0.1, 0.15) is 65.2 Å². The molecule has 160 valence electrons. The van der Waals surface area contributed by atoms with Gasteiger partial charge in [0.25, 0.3) is 0 Å². The van der Waals surface area contributed by atoms with E-state index in [2.05, 4.69) is 35.1 Å². The Kier molecular flexibility index (Phi) is 5.00. The van der Waals surface area contributed by atoms with Crippen molar-refractivity contribution in [3.63, 3.8) is 0 Å². The second-order valence-electron chi connectivity index (χ2n) is 10.6. The van der Waals surface area contributed by atoms with Crippen LogP contribution in [0.5, 0.6) is 0 Å². The molecule has 1 aromatic rings. The van der Waals surface area contributed by atoms with Crippen molar-refractivity contribution in [2.75, 3.05) is 5.32 Å². The van der Waals surface area contributed by atoms with Crippen LogP contribution in [0.2, 0.25) is 0 Å². The Morgan fingerprint density at radius 1 is 1.03 bits per heavy atom. The number of nitrogens with one attached hydrogen (secondary N) is 1. The Bertz CT molecular complexity index is 923. The van der Waals surface area contributed by atoms with Crippen molar-refractivity contribution in [1.82, 2.24) is 0 Å². The number of hydrogen-bond acceptors (Lipinski definition) is 2. The fourth-order valence-corrected chi connectivity index (χ4v) is 8.16. The Morgan fingerprint density at radius 2 is 1.83 bits per heavy atom. The number of para-hydroxylation sites is 1. The summed E-state index contributed by atoms with van der Waals surface area (Å²) in [5, 5.41) is 3.21. The summed E-state index contributed by atoms with van der Waals surface area (Å²) in [6, 6.07) is 7.88. The minimum Gasteiger partial charge on any atom is -0.325 e. The van der Waals surface area contributed by atoms with Crippen LogP contribution in [-0.4, -0.2) is 11.7 Å². The van der Waals surface area contributed by atoms with Crippen molar-refractivity contribution >= 4 is 33.3 Å². The lowest BCUT2D eigenvalue weighted by Gasteiger charge is -2.58. The number of halogens is 1. The van der Waals surface area contributed by atoms with Crippen LogP contribution in [0, 0.1) is 34.5 Å². The molecule has 1 amide bonds. The average Bonchev–Trinajstić information content (AvgIpc) is 3.07. The molecule has 3 fully saturated rings. The Balaban J connectivity index is 1.38. The molecule has 6 atom stereocenters. The van der Waals surface area contributed by atoms with Crippen LogP contribution in [0.4, 0.5) is 5.69 Å². The molecule has 0 heterocycles. The molecule has 1 aromatic carbocycles. The third-order valence-electron chi connectivity index (χ3n) is 9.41. The number of ketones is 1. The van der Waals surface area contributed by atoms with Gasteiger partial charge in [-0.05, 0) is 108 Å². The van der Waals surface area contributed by atoms with Gasteiger partial charge in [0.1, 0.15) is 0 Å². The van der Waals surface area contributed by atoms with Crippen molar-refractivity contribution in [2.45, 2.75) is 65.2 Å². The van der Waals surface area contributed by atoms with E-state index in [0.717, 1.165) is 35.8 Å². The summed E-state index contributed by atoms with van der Waals surface area (Å²) in [6.07, 6.45) is 10.5. The first-order valence-electron chi connectivity index (χ1n) is 11.6. The molecule has 5 rings (SSSR count). The molecule has 0 spiro atoms. The van der Waals surface area contributed by atoms with E-state index in [-0.39, 0.29) is 22.7 Å². The van der Waals surface area contributed by atoms with Crippen LogP contribution >= 0.6 is 15.9 Å².